The van der Waals surface area contributed by atoms with Crippen LogP contribution in [0.3, 0.4) is 0 Å². The average molecular weight is 905 g/mol. The summed E-state index contributed by atoms with van der Waals surface area (Å²) < 4.78 is 16.7. The van der Waals surface area contributed by atoms with Crippen molar-refractivity contribution in [2.45, 2.75) is 175 Å². The van der Waals surface area contributed by atoms with Crippen LogP contribution in [0, 0.1) is 0 Å². The Balaban J connectivity index is 4.63. The fourth-order valence-corrected chi connectivity index (χ4v) is 5.90. The highest BCUT2D eigenvalue weighted by molar-refractivity contribution is 5.71. The van der Waals surface area contributed by atoms with Gasteiger partial charge in [-0.25, -0.2) is 0 Å². The van der Waals surface area contributed by atoms with Crippen molar-refractivity contribution in [1.82, 2.24) is 0 Å². The summed E-state index contributed by atoms with van der Waals surface area (Å²) in [4.78, 5) is 37.9. The Labute approximate surface area is 402 Å². The second-order valence-corrected chi connectivity index (χ2v) is 15.7. The Morgan fingerprint density at radius 2 is 0.636 bits per heavy atom. The average Bonchev–Trinajstić information content (AvgIpc) is 3.31. The highest BCUT2D eigenvalue weighted by Crippen LogP contribution is 2.10. The molecule has 0 bridgehead atoms. The molecule has 6 nitrogen and oxygen atoms in total. The van der Waals surface area contributed by atoms with E-state index in [1.165, 1.54) is 0 Å². The second kappa shape index (κ2) is 52.4. The summed E-state index contributed by atoms with van der Waals surface area (Å²) in [6.45, 7) is 6.10. The SMILES string of the molecule is CC\C=C/C=C\C=C/C=C\C=C/CCCC(=O)OCC(COC(=O)CCCCC/C=C\C/C=C\C/C=C\C/C=C\C/C=C\CC)OC(=O)CCCCC/C=C\C/C=C\C/C=C\C/C=C\CC. The maximum atomic E-state index is 12.8. The molecule has 0 saturated heterocycles. The van der Waals surface area contributed by atoms with Gasteiger partial charge in [-0.05, 0) is 116 Å². The molecular formula is C60H88O6. The number of esters is 3. The summed E-state index contributed by atoms with van der Waals surface area (Å²) in [6.07, 6.45) is 77.7. The summed E-state index contributed by atoms with van der Waals surface area (Å²) in [5, 5.41) is 0. The van der Waals surface area contributed by atoms with Crippen LogP contribution in [0.4, 0.5) is 0 Å². The largest absolute Gasteiger partial charge is 0.462 e. The third-order valence-corrected chi connectivity index (χ3v) is 9.58. The number of hydrogen-bond acceptors (Lipinski definition) is 6. The predicted molar refractivity (Wildman–Crippen MR) is 283 cm³/mol. The fourth-order valence-electron chi connectivity index (χ4n) is 5.90. The molecule has 0 aromatic carbocycles. The molecule has 0 heterocycles. The minimum atomic E-state index is -0.847. The van der Waals surface area contributed by atoms with Crippen molar-refractivity contribution in [3.63, 3.8) is 0 Å². The van der Waals surface area contributed by atoms with Gasteiger partial charge in [-0.2, -0.15) is 0 Å². The number of hydrogen-bond donors (Lipinski definition) is 0. The van der Waals surface area contributed by atoms with Crippen molar-refractivity contribution in [3.05, 3.63) is 170 Å². The predicted octanol–water partition coefficient (Wildman–Crippen LogP) is 16.8. The molecule has 0 aliphatic carbocycles. The standard InChI is InChI=1S/C60H88O6/c1-4-7-10-13-16-19-22-25-27-29-30-31-33-35-38-41-44-47-50-53-59(62)65-56-57(55-64-58(61)52-49-46-43-40-37-34-24-21-18-15-12-9-6-3)66-60(63)54-51-48-45-42-39-36-32-28-26-23-20-17-14-11-8-5-2/h7-12,15-21,24-28,30-31,34-40,43,57H,4-6,13-14,22-23,29,32-33,41-42,44-56H2,1-3H3/b10-7-,11-8-,12-9-,18-15-,19-16-,20-17-,24-21-,27-25-,28-26-,31-30-,37-34-,38-35-,39-36-,43-40-. The Morgan fingerprint density at radius 1 is 0.318 bits per heavy atom. The van der Waals surface area contributed by atoms with Crippen molar-refractivity contribution in [2.24, 2.45) is 0 Å². The molecule has 0 amide bonds. The van der Waals surface area contributed by atoms with Crippen LogP contribution in [-0.4, -0.2) is 37.2 Å². The van der Waals surface area contributed by atoms with Crippen LogP contribution in [0.15, 0.2) is 170 Å². The van der Waals surface area contributed by atoms with Gasteiger partial charge in [0, 0.05) is 19.3 Å². The van der Waals surface area contributed by atoms with E-state index >= 15 is 0 Å². The smallest absolute Gasteiger partial charge is 0.306 e. The fraction of sp³-hybridized carbons (Fsp3) is 0.483. The summed E-state index contributed by atoms with van der Waals surface area (Å²) in [7, 11) is 0. The number of allylic oxidation sites excluding steroid dienone is 28. The van der Waals surface area contributed by atoms with Crippen LogP contribution in [0.5, 0.6) is 0 Å². The van der Waals surface area contributed by atoms with Gasteiger partial charge in [-0.1, -0.05) is 204 Å². The summed E-state index contributed by atoms with van der Waals surface area (Å²) in [5.41, 5.74) is 0. The lowest BCUT2D eigenvalue weighted by molar-refractivity contribution is -0.167. The molecule has 1 unspecified atom stereocenters. The van der Waals surface area contributed by atoms with Gasteiger partial charge in [0.25, 0.3) is 0 Å². The molecule has 0 aliphatic heterocycles. The van der Waals surface area contributed by atoms with Crippen LogP contribution in [-0.2, 0) is 28.6 Å². The Hall–Kier alpha value is -5.23. The van der Waals surface area contributed by atoms with Gasteiger partial charge in [-0.3, -0.25) is 14.4 Å². The Bertz CT molecular complexity index is 1600. The van der Waals surface area contributed by atoms with E-state index in [4.69, 9.17) is 14.2 Å². The van der Waals surface area contributed by atoms with Gasteiger partial charge in [-0.15, -0.1) is 0 Å². The van der Waals surface area contributed by atoms with Gasteiger partial charge >= 0.3 is 17.9 Å². The normalized spacial score (nSPS) is 13.6. The van der Waals surface area contributed by atoms with E-state index in [0.29, 0.717) is 12.8 Å². The molecule has 1 atom stereocenters. The topological polar surface area (TPSA) is 78.9 Å². The maximum Gasteiger partial charge on any atom is 0.306 e. The minimum absolute atomic E-state index is 0.140. The van der Waals surface area contributed by atoms with Crippen LogP contribution in [0.25, 0.3) is 0 Å². The van der Waals surface area contributed by atoms with Crippen molar-refractivity contribution in [3.8, 4) is 0 Å². The Morgan fingerprint density at radius 3 is 1.05 bits per heavy atom. The van der Waals surface area contributed by atoms with Crippen molar-refractivity contribution < 1.29 is 28.6 Å². The third-order valence-electron chi connectivity index (χ3n) is 9.58. The van der Waals surface area contributed by atoms with E-state index in [1.54, 1.807) is 0 Å². The zero-order valence-corrected chi connectivity index (χ0v) is 41.4. The molecule has 0 saturated carbocycles. The summed E-state index contributed by atoms with van der Waals surface area (Å²) in [6, 6.07) is 0. The van der Waals surface area contributed by atoms with E-state index in [-0.39, 0.29) is 50.4 Å². The molecule has 0 rings (SSSR count). The molecule has 0 N–H and O–H groups in total. The minimum Gasteiger partial charge on any atom is -0.462 e. The molecule has 0 spiro atoms. The van der Waals surface area contributed by atoms with Crippen LogP contribution >= 0.6 is 0 Å². The van der Waals surface area contributed by atoms with Crippen LogP contribution in [0.2, 0.25) is 0 Å². The van der Waals surface area contributed by atoms with Gasteiger partial charge in [0.15, 0.2) is 6.10 Å². The number of unbranched alkanes of at least 4 members (excludes halogenated alkanes) is 7. The van der Waals surface area contributed by atoms with Gasteiger partial charge in [0.1, 0.15) is 13.2 Å². The lowest BCUT2D eigenvalue weighted by Crippen LogP contribution is -2.30. The summed E-state index contributed by atoms with van der Waals surface area (Å²) >= 11 is 0. The molecule has 0 fully saturated rings. The first-order chi connectivity index (χ1) is 32.5. The molecule has 0 aliphatic rings. The van der Waals surface area contributed by atoms with E-state index in [2.05, 4.69) is 136 Å². The van der Waals surface area contributed by atoms with Crippen molar-refractivity contribution in [1.29, 1.82) is 0 Å². The lowest BCUT2D eigenvalue weighted by Gasteiger charge is -2.18. The van der Waals surface area contributed by atoms with E-state index in [0.717, 1.165) is 116 Å². The molecule has 6 heteroatoms. The first-order valence-electron chi connectivity index (χ1n) is 25.2. The highest BCUT2D eigenvalue weighted by Gasteiger charge is 2.19. The first-order valence-corrected chi connectivity index (χ1v) is 25.2. The summed E-state index contributed by atoms with van der Waals surface area (Å²) in [5.74, 6) is -1.10. The van der Waals surface area contributed by atoms with E-state index in [1.807, 2.05) is 54.7 Å². The van der Waals surface area contributed by atoms with Crippen molar-refractivity contribution >= 4 is 17.9 Å². The highest BCUT2D eigenvalue weighted by atomic mass is 16.6. The lowest BCUT2D eigenvalue weighted by atomic mass is 10.1. The Kier molecular flexibility index (Phi) is 48.2. The zero-order valence-electron chi connectivity index (χ0n) is 41.4. The molecule has 0 aromatic rings. The molecule has 0 radical (unpaired) electrons. The molecule has 364 valence electrons. The van der Waals surface area contributed by atoms with Crippen molar-refractivity contribution in [2.75, 3.05) is 13.2 Å². The quantitative estimate of drug-likeness (QED) is 0.0200. The zero-order chi connectivity index (χ0) is 47.9. The molecular weight excluding hydrogens is 817 g/mol. The number of carbonyl (C=O) groups excluding carboxylic acids is 3. The second-order valence-electron chi connectivity index (χ2n) is 15.7. The van der Waals surface area contributed by atoms with Gasteiger partial charge in [0.2, 0.25) is 0 Å². The van der Waals surface area contributed by atoms with Crippen LogP contribution in [0.1, 0.15) is 168 Å². The number of carbonyl (C=O) groups is 3. The third kappa shape index (κ3) is 49.8. The molecule has 0 aromatic heterocycles. The van der Waals surface area contributed by atoms with Gasteiger partial charge in [0.05, 0.1) is 0 Å². The maximum absolute atomic E-state index is 12.8. The monoisotopic (exact) mass is 905 g/mol. The van der Waals surface area contributed by atoms with E-state index < -0.39 is 6.10 Å². The number of rotatable bonds is 42. The van der Waals surface area contributed by atoms with E-state index in [9.17, 15) is 14.4 Å². The van der Waals surface area contributed by atoms with Crippen LogP contribution < -0.4 is 0 Å². The first kappa shape index (κ1) is 60.8. The number of ether oxygens (including phenoxy) is 3. The van der Waals surface area contributed by atoms with Gasteiger partial charge < -0.3 is 14.2 Å². The molecule has 66 heavy (non-hydrogen) atoms.